The molecule has 3 rings (SSSR count). The van der Waals surface area contributed by atoms with Crippen molar-refractivity contribution in [2.75, 3.05) is 5.32 Å². The van der Waals surface area contributed by atoms with Gasteiger partial charge in [-0.25, -0.2) is 0 Å². The third-order valence-corrected chi connectivity index (χ3v) is 3.56. The highest BCUT2D eigenvalue weighted by molar-refractivity contribution is 6.36. The minimum atomic E-state index is -0.557. The second kappa shape index (κ2) is 6.16. The summed E-state index contributed by atoms with van der Waals surface area (Å²) in [6, 6.07) is 18.2. The fourth-order valence-electron chi connectivity index (χ4n) is 2.45. The minimum Gasteiger partial charge on any atom is -0.347 e. The van der Waals surface area contributed by atoms with E-state index in [-0.39, 0.29) is 11.1 Å². The monoisotopic (exact) mass is 303 g/mol. The van der Waals surface area contributed by atoms with Gasteiger partial charge in [0.05, 0.1) is 5.57 Å². The van der Waals surface area contributed by atoms with Crippen LogP contribution < -0.4 is 10.6 Å². The topological polar surface area (TPSA) is 82.0 Å². The van der Waals surface area contributed by atoms with Gasteiger partial charge in [0.2, 0.25) is 0 Å². The molecule has 1 aliphatic heterocycles. The molecule has 2 aromatic rings. The van der Waals surface area contributed by atoms with Crippen LogP contribution in [0, 0.1) is 11.3 Å². The maximum Gasteiger partial charge on any atom is 0.263 e. The third kappa shape index (κ3) is 2.83. The average molecular weight is 303 g/mol. The summed E-state index contributed by atoms with van der Waals surface area (Å²) in [6.45, 7) is 0.293. The van der Waals surface area contributed by atoms with Gasteiger partial charge in [0.15, 0.2) is 0 Å². The van der Waals surface area contributed by atoms with Crippen LogP contribution >= 0.6 is 0 Å². The van der Waals surface area contributed by atoms with E-state index in [0.717, 1.165) is 5.56 Å². The van der Waals surface area contributed by atoms with Crippen LogP contribution in [0.1, 0.15) is 11.1 Å². The molecule has 1 heterocycles. The van der Waals surface area contributed by atoms with Gasteiger partial charge in [-0.2, -0.15) is 5.26 Å². The number of hydrogen-bond acceptors (Lipinski definition) is 3. The highest BCUT2D eigenvalue weighted by Gasteiger charge is 2.29. The summed E-state index contributed by atoms with van der Waals surface area (Å²) in [6.07, 6.45) is 0. The summed E-state index contributed by atoms with van der Waals surface area (Å²) in [5.74, 6) is -0.990. The van der Waals surface area contributed by atoms with Gasteiger partial charge < -0.3 is 10.6 Å². The zero-order chi connectivity index (χ0) is 16.2. The predicted octanol–water partition coefficient (Wildman–Crippen LogP) is 2.23. The molecular weight excluding hydrogens is 290 g/mol. The zero-order valence-electron chi connectivity index (χ0n) is 12.2. The van der Waals surface area contributed by atoms with E-state index in [9.17, 15) is 14.9 Å². The van der Waals surface area contributed by atoms with E-state index in [1.165, 1.54) is 0 Å². The van der Waals surface area contributed by atoms with Crippen molar-refractivity contribution >= 4 is 23.1 Å². The van der Waals surface area contributed by atoms with Gasteiger partial charge in [0.1, 0.15) is 11.6 Å². The van der Waals surface area contributed by atoms with Crippen LogP contribution in [0.5, 0.6) is 0 Å². The first kappa shape index (κ1) is 14.5. The van der Waals surface area contributed by atoms with Crippen LogP contribution in [-0.2, 0) is 16.1 Å². The van der Waals surface area contributed by atoms with E-state index in [4.69, 9.17) is 0 Å². The Kier molecular flexibility index (Phi) is 3.89. The Morgan fingerprint density at radius 1 is 1.09 bits per heavy atom. The lowest BCUT2D eigenvalue weighted by atomic mass is 10.0. The first-order valence-electron chi connectivity index (χ1n) is 7.08. The van der Waals surface area contributed by atoms with Crippen molar-refractivity contribution in [3.63, 3.8) is 0 Å². The van der Waals surface area contributed by atoms with Crippen LogP contribution in [0.4, 0.5) is 5.69 Å². The van der Waals surface area contributed by atoms with Crippen LogP contribution in [0.15, 0.2) is 60.2 Å². The molecule has 2 aromatic carbocycles. The van der Waals surface area contributed by atoms with Gasteiger partial charge in [-0.1, -0.05) is 48.5 Å². The zero-order valence-corrected chi connectivity index (χ0v) is 12.2. The Hall–Kier alpha value is -3.39. The lowest BCUT2D eigenvalue weighted by molar-refractivity contribution is -0.117. The van der Waals surface area contributed by atoms with E-state index in [2.05, 4.69) is 10.6 Å². The largest absolute Gasteiger partial charge is 0.347 e. The first-order chi connectivity index (χ1) is 11.2. The van der Waals surface area contributed by atoms with Crippen molar-refractivity contribution in [3.05, 3.63) is 71.3 Å². The number of rotatable bonds is 3. The molecule has 0 aromatic heterocycles. The molecule has 1 aliphatic rings. The highest BCUT2D eigenvalue weighted by atomic mass is 16.2. The Morgan fingerprint density at radius 2 is 1.78 bits per heavy atom. The number of nitrogens with one attached hydrogen (secondary N) is 2. The molecule has 0 spiro atoms. The summed E-state index contributed by atoms with van der Waals surface area (Å²) in [5, 5.41) is 14.7. The maximum absolute atomic E-state index is 12.3. The molecule has 2 N–H and O–H groups in total. The summed E-state index contributed by atoms with van der Waals surface area (Å²) in [5.41, 5.74) is 2.04. The van der Waals surface area contributed by atoms with Crippen molar-refractivity contribution in [3.8, 4) is 6.07 Å². The SMILES string of the molecule is N#C/C(C(=O)NCc1ccccc1)=C1/C(=O)Nc2ccccc21. The van der Waals surface area contributed by atoms with Crippen LogP contribution in [0.3, 0.4) is 0 Å². The molecule has 0 unspecified atom stereocenters. The molecule has 23 heavy (non-hydrogen) atoms. The van der Waals surface area contributed by atoms with Crippen molar-refractivity contribution in [2.45, 2.75) is 6.54 Å². The Balaban J connectivity index is 1.89. The fourth-order valence-corrected chi connectivity index (χ4v) is 2.45. The minimum absolute atomic E-state index is 0.119. The fraction of sp³-hybridized carbons (Fsp3) is 0.0556. The summed E-state index contributed by atoms with van der Waals surface area (Å²) < 4.78 is 0. The van der Waals surface area contributed by atoms with E-state index in [0.29, 0.717) is 17.8 Å². The van der Waals surface area contributed by atoms with Gasteiger partial charge >= 0.3 is 0 Å². The number of nitrogens with zero attached hydrogens (tertiary/aromatic N) is 1. The molecule has 0 bridgehead atoms. The Morgan fingerprint density at radius 3 is 2.52 bits per heavy atom. The Bertz CT molecular complexity index is 848. The number of amides is 2. The number of carbonyl (C=O) groups is 2. The van der Waals surface area contributed by atoms with Crippen molar-refractivity contribution < 1.29 is 9.59 Å². The molecule has 112 valence electrons. The van der Waals surface area contributed by atoms with Gasteiger partial charge in [-0.3, -0.25) is 9.59 Å². The van der Waals surface area contributed by atoms with Crippen molar-refractivity contribution in [1.82, 2.24) is 5.32 Å². The van der Waals surface area contributed by atoms with Gasteiger partial charge in [0.25, 0.3) is 11.8 Å². The number of anilines is 1. The smallest absolute Gasteiger partial charge is 0.263 e. The number of para-hydroxylation sites is 1. The third-order valence-electron chi connectivity index (χ3n) is 3.56. The second-order valence-electron chi connectivity index (χ2n) is 5.03. The molecule has 0 fully saturated rings. The van der Waals surface area contributed by atoms with Crippen LogP contribution in [-0.4, -0.2) is 11.8 Å². The molecule has 0 radical (unpaired) electrons. The van der Waals surface area contributed by atoms with E-state index < -0.39 is 11.8 Å². The highest BCUT2D eigenvalue weighted by Crippen LogP contribution is 2.33. The summed E-state index contributed by atoms with van der Waals surface area (Å²) >= 11 is 0. The number of benzene rings is 2. The standard InChI is InChI=1S/C18H13N3O2/c19-10-14(17(22)20-11-12-6-2-1-3-7-12)16-13-8-4-5-9-15(13)21-18(16)23/h1-9H,11H2,(H,20,22)(H,21,23)/b16-14-. The van der Waals surface area contributed by atoms with Gasteiger partial charge in [0, 0.05) is 17.8 Å². The summed E-state index contributed by atoms with van der Waals surface area (Å²) in [7, 11) is 0. The van der Waals surface area contributed by atoms with Crippen LogP contribution in [0.2, 0.25) is 0 Å². The van der Waals surface area contributed by atoms with E-state index in [1.807, 2.05) is 36.4 Å². The molecule has 0 saturated heterocycles. The quantitative estimate of drug-likeness (QED) is 0.674. The number of nitriles is 1. The molecule has 0 saturated carbocycles. The number of hydrogen-bond donors (Lipinski definition) is 2. The summed E-state index contributed by atoms with van der Waals surface area (Å²) in [4.78, 5) is 24.4. The number of fused-ring (bicyclic) bond motifs is 1. The predicted molar refractivity (Wildman–Crippen MR) is 85.9 cm³/mol. The second-order valence-corrected chi connectivity index (χ2v) is 5.03. The Labute approximate surface area is 133 Å². The molecule has 0 aliphatic carbocycles. The molecule has 2 amide bonds. The first-order valence-corrected chi connectivity index (χ1v) is 7.08. The molecule has 5 heteroatoms. The van der Waals surface area contributed by atoms with Crippen molar-refractivity contribution in [1.29, 1.82) is 5.26 Å². The van der Waals surface area contributed by atoms with Gasteiger partial charge in [-0.05, 0) is 11.6 Å². The molecular formula is C18H13N3O2. The van der Waals surface area contributed by atoms with E-state index in [1.54, 1.807) is 24.3 Å². The molecule has 0 atom stereocenters. The van der Waals surface area contributed by atoms with Crippen molar-refractivity contribution in [2.24, 2.45) is 0 Å². The van der Waals surface area contributed by atoms with Crippen LogP contribution in [0.25, 0.3) is 5.57 Å². The van der Waals surface area contributed by atoms with E-state index >= 15 is 0 Å². The molecule has 5 nitrogen and oxygen atoms in total. The maximum atomic E-state index is 12.3. The number of carbonyl (C=O) groups excluding carboxylic acids is 2. The van der Waals surface area contributed by atoms with Gasteiger partial charge in [-0.15, -0.1) is 0 Å². The lowest BCUT2D eigenvalue weighted by Gasteiger charge is -2.06. The normalized spacial score (nSPS) is 14.5. The lowest BCUT2D eigenvalue weighted by Crippen LogP contribution is -2.25. The average Bonchev–Trinajstić information content (AvgIpc) is 2.91.